The number of anilines is 2. The minimum atomic E-state index is -3.70. The van der Waals surface area contributed by atoms with Crippen LogP contribution in [0.15, 0.2) is 48.5 Å². The molecule has 9 heteroatoms. The van der Waals surface area contributed by atoms with E-state index in [1.54, 1.807) is 25.1 Å². The van der Waals surface area contributed by atoms with E-state index < -0.39 is 33.7 Å². The maximum Gasteiger partial charge on any atom is 0.255 e. The Morgan fingerprint density at radius 1 is 1.11 bits per heavy atom. The Balaban J connectivity index is 1.83. The van der Waals surface area contributed by atoms with Crippen molar-refractivity contribution < 1.29 is 22.8 Å². The van der Waals surface area contributed by atoms with Crippen molar-refractivity contribution in [3.05, 3.63) is 59.7 Å². The molecular weight excluding hydrogens is 370 g/mol. The molecule has 0 aromatic heterocycles. The Morgan fingerprint density at radius 3 is 2.30 bits per heavy atom. The maximum atomic E-state index is 12.4. The van der Waals surface area contributed by atoms with E-state index in [9.17, 15) is 22.8 Å². The first kappa shape index (κ1) is 18.6. The van der Waals surface area contributed by atoms with E-state index in [2.05, 4.69) is 5.32 Å². The van der Waals surface area contributed by atoms with Crippen LogP contribution in [0.3, 0.4) is 0 Å². The normalized spacial score (nSPS) is 18.3. The number of primary amides is 1. The van der Waals surface area contributed by atoms with Crippen molar-refractivity contribution in [1.29, 1.82) is 0 Å². The van der Waals surface area contributed by atoms with Crippen LogP contribution >= 0.6 is 0 Å². The van der Waals surface area contributed by atoms with Gasteiger partial charge in [-0.15, -0.1) is 0 Å². The third-order valence-electron chi connectivity index (χ3n) is 4.17. The Morgan fingerprint density at radius 2 is 1.74 bits per heavy atom. The van der Waals surface area contributed by atoms with Gasteiger partial charge in [-0.1, -0.05) is 19.1 Å². The van der Waals surface area contributed by atoms with Gasteiger partial charge in [0.05, 0.1) is 28.6 Å². The van der Waals surface area contributed by atoms with Crippen molar-refractivity contribution in [2.24, 2.45) is 11.7 Å². The van der Waals surface area contributed by atoms with Crippen LogP contribution < -0.4 is 15.4 Å². The average Bonchev–Trinajstić information content (AvgIpc) is 2.82. The van der Waals surface area contributed by atoms with E-state index in [1.807, 2.05) is 0 Å². The second-order valence-electron chi connectivity index (χ2n) is 6.19. The van der Waals surface area contributed by atoms with E-state index in [4.69, 9.17) is 5.73 Å². The highest BCUT2D eigenvalue weighted by molar-refractivity contribution is 7.94. The number of para-hydroxylation sites is 1. The fourth-order valence-corrected chi connectivity index (χ4v) is 4.66. The number of carbonyl (C=O) groups excluding carboxylic acids is 3. The molecule has 3 N–H and O–H groups in total. The standard InChI is InChI=1S/C18H17N3O5S/c1-11-10-27(25,26)21(18(11)24)13-8-6-12(7-9-13)17(23)20-15-5-3-2-4-14(15)16(19)22/h2-9,11H,10H2,1H3,(H2,19,22)(H,20,23)/t11-/m0/s1. The molecule has 1 atom stereocenters. The van der Waals surface area contributed by atoms with Gasteiger partial charge in [-0.05, 0) is 36.4 Å². The quantitative estimate of drug-likeness (QED) is 0.819. The molecule has 0 spiro atoms. The number of sulfonamides is 1. The number of nitrogens with zero attached hydrogens (tertiary/aromatic N) is 1. The summed E-state index contributed by atoms with van der Waals surface area (Å²) >= 11 is 0. The number of amides is 3. The molecule has 27 heavy (non-hydrogen) atoms. The molecule has 8 nitrogen and oxygen atoms in total. The lowest BCUT2D eigenvalue weighted by atomic mass is 10.1. The summed E-state index contributed by atoms with van der Waals surface area (Å²) in [6.45, 7) is 1.55. The molecule has 0 bridgehead atoms. The van der Waals surface area contributed by atoms with Gasteiger partial charge in [-0.2, -0.15) is 0 Å². The van der Waals surface area contributed by atoms with Crippen molar-refractivity contribution in [3.63, 3.8) is 0 Å². The number of rotatable bonds is 4. The smallest absolute Gasteiger partial charge is 0.255 e. The first-order valence-corrected chi connectivity index (χ1v) is 9.69. The van der Waals surface area contributed by atoms with Gasteiger partial charge in [-0.25, -0.2) is 12.7 Å². The molecular formula is C18H17N3O5S. The summed E-state index contributed by atoms with van der Waals surface area (Å²) < 4.78 is 25.0. The van der Waals surface area contributed by atoms with Gasteiger partial charge in [0.1, 0.15) is 0 Å². The summed E-state index contributed by atoms with van der Waals surface area (Å²) in [6.07, 6.45) is 0. The second kappa shape index (κ2) is 6.84. The predicted molar refractivity (Wildman–Crippen MR) is 99.8 cm³/mol. The van der Waals surface area contributed by atoms with E-state index in [-0.39, 0.29) is 28.3 Å². The number of hydrogen-bond donors (Lipinski definition) is 2. The van der Waals surface area contributed by atoms with E-state index in [1.165, 1.54) is 30.3 Å². The summed E-state index contributed by atoms with van der Waals surface area (Å²) in [7, 11) is -3.70. The van der Waals surface area contributed by atoms with E-state index in [0.29, 0.717) is 0 Å². The van der Waals surface area contributed by atoms with Crippen LogP contribution in [0.5, 0.6) is 0 Å². The highest BCUT2D eigenvalue weighted by Crippen LogP contribution is 2.28. The van der Waals surface area contributed by atoms with Crippen molar-refractivity contribution in [3.8, 4) is 0 Å². The molecule has 3 amide bonds. The number of nitrogens with one attached hydrogen (secondary N) is 1. The van der Waals surface area contributed by atoms with Crippen LogP contribution in [0.1, 0.15) is 27.6 Å². The lowest BCUT2D eigenvalue weighted by Crippen LogP contribution is -2.30. The molecule has 1 saturated heterocycles. The van der Waals surface area contributed by atoms with Crippen LogP contribution in [0, 0.1) is 5.92 Å². The molecule has 1 aliphatic heterocycles. The highest BCUT2D eigenvalue weighted by Gasteiger charge is 2.41. The molecule has 0 aliphatic carbocycles. The summed E-state index contributed by atoms with van der Waals surface area (Å²) in [5, 5.41) is 2.59. The topological polar surface area (TPSA) is 127 Å². The molecule has 3 rings (SSSR count). The highest BCUT2D eigenvalue weighted by atomic mass is 32.2. The Labute approximate surface area is 156 Å². The summed E-state index contributed by atoms with van der Waals surface area (Å²) in [5.41, 5.74) is 6.13. The third kappa shape index (κ3) is 3.54. The van der Waals surface area contributed by atoms with Gasteiger partial charge < -0.3 is 11.1 Å². The fraction of sp³-hybridized carbons (Fsp3) is 0.167. The summed E-state index contributed by atoms with van der Waals surface area (Å²) in [4.78, 5) is 35.9. The van der Waals surface area contributed by atoms with E-state index >= 15 is 0 Å². The van der Waals surface area contributed by atoms with Crippen molar-refractivity contribution in [1.82, 2.24) is 0 Å². The van der Waals surface area contributed by atoms with Crippen LogP contribution in [-0.4, -0.2) is 31.9 Å². The lowest BCUT2D eigenvalue weighted by Gasteiger charge is -2.15. The molecule has 0 unspecified atom stereocenters. The van der Waals surface area contributed by atoms with Crippen LogP contribution in [0.25, 0.3) is 0 Å². The maximum absolute atomic E-state index is 12.4. The monoisotopic (exact) mass is 387 g/mol. The van der Waals surface area contributed by atoms with Gasteiger partial charge in [0.15, 0.2) is 0 Å². The number of carbonyl (C=O) groups is 3. The van der Waals surface area contributed by atoms with Crippen LogP contribution in [0.4, 0.5) is 11.4 Å². The Hall–Kier alpha value is -3.20. The summed E-state index contributed by atoms with van der Waals surface area (Å²) in [6, 6.07) is 11.9. The Bertz CT molecular complexity index is 1030. The molecule has 2 aromatic rings. The van der Waals surface area contributed by atoms with Crippen molar-refractivity contribution in [2.75, 3.05) is 15.4 Å². The first-order valence-electron chi connectivity index (χ1n) is 8.08. The zero-order valence-electron chi connectivity index (χ0n) is 14.4. The number of hydrogen-bond acceptors (Lipinski definition) is 5. The molecule has 1 aliphatic rings. The average molecular weight is 387 g/mol. The molecule has 1 fully saturated rings. The first-order chi connectivity index (χ1) is 12.7. The minimum Gasteiger partial charge on any atom is -0.366 e. The molecule has 0 radical (unpaired) electrons. The SMILES string of the molecule is C[C@H]1CS(=O)(=O)N(c2ccc(C(=O)Nc3ccccc3C(N)=O)cc2)C1=O. The predicted octanol–water partition coefficient (Wildman–Crippen LogP) is 1.35. The van der Waals surface area contributed by atoms with Gasteiger partial charge in [0, 0.05) is 5.56 Å². The van der Waals surface area contributed by atoms with Crippen LogP contribution in [-0.2, 0) is 14.8 Å². The molecule has 0 saturated carbocycles. The minimum absolute atomic E-state index is 0.171. The van der Waals surface area contributed by atoms with Gasteiger partial charge >= 0.3 is 0 Å². The fourth-order valence-electron chi connectivity index (χ4n) is 2.84. The second-order valence-corrected chi connectivity index (χ2v) is 8.06. The van der Waals surface area contributed by atoms with Crippen molar-refractivity contribution >= 4 is 39.1 Å². The van der Waals surface area contributed by atoms with E-state index in [0.717, 1.165) is 4.31 Å². The zero-order chi connectivity index (χ0) is 19.8. The van der Waals surface area contributed by atoms with Gasteiger partial charge in [0.25, 0.3) is 11.8 Å². The van der Waals surface area contributed by atoms with Crippen LogP contribution in [0.2, 0.25) is 0 Å². The van der Waals surface area contributed by atoms with Gasteiger partial charge in [0.2, 0.25) is 15.9 Å². The molecule has 140 valence electrons. The number of nitrogens with two attached hydrogens (primary N) is 1. The zero-order valence-corrected chi connectivity index (χ0v) is 15.2. The summed E-state index contributed by atoms with van der Waals surface area (Å²) in [5.74, 6) is -2.52. The largest absolute Gasteiger partial charge is 0.366 e. The molecule has 2 aromatic carbocycles. The third-order valence-corrected chi connectivity index (χ3v) is 6.03. The number of benzene rings is 2. The van der Waals surface area contributed by atoms with Gasteiger partial charge in [-0.3, -0.25) is 14.4 Å². The Kier molecular flexibility index (Phi) is 4.71. The molecule has 1 heterocycles. The lowest BCUT2D eigenvalue weighted by molar-refractivity contribution is -0.119. The van der Waals surface area contributed by atoms with Crippen molar-refractivity contribution in [2.45, 2.75) is 6.92 Å².